The molecule has 1 aliphatic carbocycles. The minimum Gasteiger partial charge on any atom is -0.473 e. The molecular formula is C25H21Br2NO3S. The fourth-order valence-corrected chi connectivity index (χ4v) is 8.59. The normalized spacial score (nSPS) is 25.4. The highest BCUT2D eigenvalue weighted by Crippen LogP contribution is 2.68. The Hall–Kier alpha value is -1.67. The van der Waals surface area contributed by atoms with Gasteiger partial charge < -0.3 is 4.74 Å². The van der Waals surface area contributed by atoms with Gasteiger partial charge in [-0.2, -0.15) is 4.31 Å². The topological polar surface area (TPSA) is 46.6 Å². The minimum atomic E-state index is -3.77. The lowest BCUT2D eigenvalue weighted by Gasteiger charge is -2.37. The molecule has 2 heterocycles. The van der Waals surface area contributed by atoms with Crippen LogP contribution < -0.4 is 4.74 Å². The number of para-hydroxylation sites is 1. The van der Waals surface area contributed by atoms with E-state index in [-0.39, 0.29) is 17.9 Å². The number of hydrogen-bond donors (Lipinski definition) is 0. The van der Waals surface area contributed by atoms with Crippen LogP contribution in [0.15, 0.2) is 62.4 Å². The van der Waals surface area contributed by atoms with Crippen molar-refractivity contribution in [1.29, 1.82) is 0 Å². The van der Waals surface area contributed by atoms with Crippen molar-refractivity contribution in [2.45, 2.75) is 49.8 Å². The van der Waals surface area contributed by atoms with Gasteiger partial charge >= 0.3 is 0 Å². The number of halogens is 2. The van der Waals surface area contributed by atoms with E-state index in [2.05, 4.69) is 51.8 Å². The molecule has 0 N–H and O–H groups in total. The first-order valence-electron chi connectivity index (χ1n) is 10.6. The maximum Gasteiger partial charge on any atom is 0.246 e. The quantitative estimate of drug-likeness (QED) is 0.352. The van der Waals surface area contributed by atoms with Gasteiger partial charge in [-0.1, -0.05) is 35.9 Å². The van der Waals surface area contributed by atoms with E-state index in [9.17, 15) is 8.42 Å². The van der Waals surface area contributed by atoms with E-state index >= 15 is 0 Å². The standard InChI is InChI=1S/C25H21Br2NO3S/c1-12-8-10-15(11-9-12)32(29,30)28-24-19-14(3)23(27)22(26)13(2)18(19)21-20(24)16-6-4-5-7-17(16)31-25(21)28/h4-11,20-21,24-25H,1-3H3/t20-,21-,24+,25+/m0/s1. The molecule has 164 valence electrons. The number of rotatable bonds is 2. The number of benzene rings is 3. The predicted octanol–water partition coefficient (Wildman–Crippen LogP) is 6.48. The molecule has 0 spiro atoms. The summed E-state index contributed by atoms with van der Waals surface area (Å²) in [4.78, 5) is 0.307. The number of aryl methyl sites for hydroxylation is 1. The van der Waals surface area contributed by atoms with Gasteiger partial charge in [0.15, 0.2) is 6.23 Å². The van der Waals surface area contributed by atoms with Crippen LogP contribution in [-0.2, 0) is 10.0 Å². The van der Waals surface area contributed by atoms with Crippen LogP contribution in [0.3, 0.4) is 0 Å². The zero-order valence-electron chi connectivity index (χ0n) is 17.8. The molecule has 1 saturated heterocycles. The summed E-state index contributed by atoms with van der Waals surface area (Å²) in [5.74, 6) is 0.763. The zero-order chi connectivity index (χ0) is 22.5. The predicted molar refractivity (Wildman–Crippen MR) is 131 cm³/mol. The highest BCUT2D eigenvalue weighted by atomic mass is 79.9. The molecule has 4 nitrogen and oxygen atoms in total. The molecule has 3 aliphatic rings. The van der Waals surface area contributed by atoms with Crippen LogP contribution in [0.5, 0.6) is 5.75 Å². The third-order valence-electron chi connectivity index (χ3n) is 7.26. The number of fused-ring (bicyclic) bond motifs is 3. The first-order chi connectivity index (χ1) is 15.2. The smallest absolute Gasteiger partial charge is 0.246 e. The van der Waals surface area contributed by atoms with Crippen molar-refractivity contribution in [3.8, 4) is 5.75 Å². The zero-order valence-corrected chi connectivity index (χ0v) is 21.8. The lowest BCUT2D eigenvalue weighted by atomic mass is 9.84. The second-order valence-corrected chi connectivity index (χ2v) is 12.3. The van der Waals surface area contributed by atoms with Crippen molar-refractivity contribution in [3.63, 3.8) is 0 Å². The van der Waals surface area contributed by atoms with E-state index in [0.717, 1.165) is 42.5 Å². The van der Waals surface area contributed by atoms with Crippen LogP contribution in [0.2, 0.25) is 0 Å². The molecule has 0 amide bonds. The highest BCUT2D eigenvalue weighted by Gasteiger charge is 2.65. The first kappa shape index (κ1) is 20.9. The fourth-order valence-electron chi connectivity index (χ4n) is 5.86. The van der Waals surface area contributed by atoms with Gasteiger partial charge in [-0.05, 0) is 93.1 Å². The van der Waals surface area contributed by atoms with Crippen molar-refractivity contribution in [2.24, 2.45) is 0 Å². The summed E-state index contributed by atoms with van der Waals surface area (Å²) >= 11 is 7.48. The molecule has 0 saturated carbocycles. The van der Waals surface area contributed by atoms with Crippen LogP contribution in [0.4, 0.5) is 0 Å². The monoisotopic (exact) mass is 573 g/mol. The second kappa shape index (κ2) is 6.92. The average molecular weight is 575 g/mol. The molecule has 6 rings (SSSR count). The first-order valence-corrected chi connectivity index (χ1v) is 13.6. The fraction of sp³-hybridized carbons (Fsp3) is 0.280. The summed E-state index contributed by atoms with van der Waals surface area (Å²) in [6.45, 7) is 6.13. The lowest BCUT2D eigenvalue weighted by Crippen LogP contribution is -2.45. The molecule has 2 aliphatic heterocycles. The van der Waals surface area contributed by atoms with Crippen LogP contribution in [-0.4, -0.2) is 19.0 Å². The van der Waals surface area contributed by atoms with Crippen LogP contribution in [0, 0.1) is 20.8 Å². The Morgan fingerprint density at radius 1 is 0.844 bits per heavy atom. The third-order valence-corrected chi connectivity index (χ3v) is 11.6. The van der Waals surface area contributed by atoms with Gasteiger partial charge in [0.1, 0.15) is 5.75 Å². The van der Waals surface area contributed by atoms with Crippen LogP contribution in [0.1, 0.15) is 51.3 Å². The summed E-state index contributed by atoms with van der Waals surface area (Å²) in [7, 11) is -3.77. The van der Waals surface area contributed by atoms with Crippen molar-refractivity contribution < 1.29 is 13.2 Å². The van der Waals surface area contributed by atoms with Gasteiger partial charge in [-0.15, -0.1) is 0 Å². The number of sulfonamides is 1. The molecule has 4 bridgehead atoms. The van der Waals surface area contributed by atoms with Gasteiger partial charge in [0.2, 0.25) is 10.0 Å². The molecule has 0 radical (unpaired) electrons. The molecule has 3 aromatic rings. The molecule has 1 fully saturated rings. The van der Waals surface area contributed by atoms with E-state index in [4.69, 9.17) is 4.74 Å². The second-order valence-electron chi connectivity index (χ2n) is 8.90. The van der Waals surface area contributed by atoms with Crippen LogP contribution in [0.25, 0.3) is 0 Å². The summed E-state index contributed by atoms with van der Waals surface area (Å²) in [5.41, 5.74) is 6.68. The molecule has 0 unspecified atom stereocenters. The Morgan fingerprint density at radius 2 is 1.47 bits per heavy atom. The Morgan fingerprint density at radius 3 is 2.16 bits per heavy atom. The maximum absolute atomic E-state index is 14.0. The van der Waals surface area contributed by atoms with Gasteiger partial charge in [-0.25, -0.2) is 8.42 Å². The summed E-state index contributed by atoms with van der Waals surface area (Å²) in [5, 5.41) is 0. The minimum absolute atomic E-state index is 0.0266. The SMILES string of the molecule is Cc1ccc(S(=O)(=O)N2[C@@H]3Oc4ccccc4[C@H]4[C@@H]3c3c(C)c(Br)c(Br)c(C)c3[C@H]42)cc1. The van der Waals surface area contributed by atoms with Crippen molar-refractivity contribution >= 4 is 41.9 Å². The molecule has 7 heteroatoms. The molecular weight excluding hydrogens is 554 g/mol. The van der Waals surface area contributed by atoms with E-state index in [1.165, 1.54) is 5.56 Å². The summed E-state index contributed by atoms with van der Waals surface area (Å²) in [6.07, 6.45) is -0.565. The third kappa shape index (κ3) is 2.54. The summed E-state index contributed by atoms with van der Waals surface area (Å²) < 4.78 is 38.1. The van der Waals surface area contributed by atoms with Crippen molar-refractivity contribution in [2.75, 3.05) is 0 Å². The average Bonchev–Trinajstić information content (AvgIpc) is 3.24. The molecule has 3 aromatic carbocycles. The largest absolute Gasteiger partial charge is 0.473 e. The van der Waals surface area contributed by atoms with E-state index in [1.807, 2.05) is 37.3 Å². The van der Waals surface area contributed by atoms with Gasteiger partial charge in [0.25, 0.3) is 0 Å². The van der Waals surface area contributed by atoms with E-state index < -0.39 is 16.3 Å². The summed E-state index contributed by atoms with van der Waals surface area (Å²) in [6, 6.07) is 14.8. The molecule has 0 aromatic heterocycles. The van der Waals surface area contributed by atoms with E-state index in [0.29, 0.717) is 4.90 Å². The van der Waals surface area contributed by atoms with Crippen LogP contribution >= 0.6 is 31.9 Å². The van der Waals surface area contributed by atoms with Crippen molar-refractivity contribution in [3.05, 3.63) is 90.9 Å². The van der Waals surface area contributed by atoms with Gasteiger partial charge in [0.05, 0.1) is 10.9 Å². The number of nitrogens with zero attached hydrogens (tertiary/aromatic N) is 1. The van der Waals surface area contributed by atoms with Gasteiger partial charge in [0, 0.05) is 26.3 Å². The number of ether oxygens (including phenoxy) is 1. The molecule has 32 heavy (non-hydrogen) atoms. The maximum atomic E-state index is 14.0. The Labute approximate surface area is 204 Å². The Balaban J connectivity index is 1.63. The number of hydrogen-bond acceptors (Lipinski definition) is 3. The van der Waals surface area contributed by atoms with Gasteiger partial charge in [-0.3, -0.25) is 0 Å². The lowest BCUT2D eigenvalue weighted by molar-refractivity contribution is 0.0797. The Bertz CT molecular complexity index is 1400. The van der Waals surface area contributed by atoms with E-state index in [1.54, 1.807) is 16.4 Å². The Kier molecular flexibility index (Phi) is 4.52. The highest BCUT2D eigenvalue weighted by molar-refractivity contribution is 9.13. The molecule has 4 atom stereocenters. The van der Waals surface area contributed by atoms with Crippen molar-refractivity contribution in [1.82, 2.24) is 4.31 Å².